The third-order valence-corrected chi connectivity index (χ3v) is 2.04. The number of hydrogen-bond donors (Lipinski definition) is 0. The number of thiazole rings is 1. The molecule has 0 saturated heterocycles. The van der Waals surface area contributed by atoms with Crippen LogP contribution < -0.4 is 4.87 Å². The van der Waals surface area contributed by atoms with Crippen molar-refractivity contribution in [2.24, 2.45) is 0 Å². The zero-order valence-corrected chi connectivity index (χ0v) is 7.06. The molecular formula is C7H9NO2S. The van der Waals surface area contributed by atoms with Crippen LogP contribution in [-0.4, -0.2) is 10.4 Å². The molecule has 0 unspecified atom stereocenters. The van der Waals surface area contributed by atoms with Crippen molar-refractivity contribution in [3.05, 3.63) is 21.2 Å². The van der Waals surface area contributed by atoms with Crippen LogP contribution in [0, 0.1) is 0 Å². The van der Waals surface area contributed by atoms with Gasteiger partial charge in [0, 0.05) is 24.5 Å². The summed E-state index contributed by atoms with van der Waals surface area (Å²) in [5.74, 6) is 0.114. The number of aromatic nitrogens is 1. The lowest BCUT2D eigenvalue weighted by molar-refractivity contribution is -0.117. The minimum Gasteiger partial charge on any atom is -0.306 e. The van der Waals surface area contributed by atoms with Crippen molar-refractivity contribution >= 4 is 17.1 Å². The maximum absolute atomic E-state index is 10.9. The number of rotatable bonds is 3. The Morgan fingerprint density at radius 3 is 2.91 bits per heavy atom. The molecule has 3 nitrogen and oxygen atoms in total. The number of ketones is 1. The zero-order valence-electron chi connectivity index (χ0n) is 6.24. The monoisotopic (exact) mass is 171 g/mol. The number of hydrogen-bond acceptors (Lipinski definition) is 3. The summed E-state index contributed by atoms with van der Waals surface area (Å²) in [7, 11) is 0. The molecular weight excluding hydrogens is 162 g/mol. The van der Waals surface area contributed by atoms with E-state index >= 15 is 0 Å². The van der Waals surface area contributed by atoms with Gasteiger partial charge >= 0.3 is 4.87 Å². The first-order valence-electron chi connectivity index (χ1n) is 3.33. The van der Waals surface area contributed by atoms with E-state index in [0.29, 0.717) is 13.0 Å². The topological polar surface area (TPSA) is 39.1 Å². The molecule has 0 N–H and O–H groups in total. The van der Waals surface area contributed by atoms with E-state index in [-0.39, 0.29) is 10.7 Å². The number of nitrogens with zero attached hydrogens (tertiary/aromatic N) is 1. The molecule has 0 aromatic carbocycles. The molecule has 1 aromatic rings. The molecule has 0 aliphatic carbocycles. The smallest absolute Gasteiger partial charge is 0.306 e. The van der Waals surface area contributed by atoms with E-state index in [4.69, 9.17) is 0 Å². The predicted octanol–water partition coefficient (Wildman–Crippen LogP) is 0.889. The second-order valence-electron chi connectivity index (χ2n) is 2.31. The van der Waals surface area contributed by atoms with Gasteiger partial charge in [0.05, 0.1) is 0 Å². The zero-order chi connectivity index (χ0) is 8.27. The number of Topliss-reactive ketones (excluding diaryl/α,β-unsaturated/α-hetero) is 1. The standard InChI is InChI=1S/C7H9NO2S/c1-6(9)2-3-8-4-5-11-7(8)10/h4-5H,2-3H2,1H3. The van der Waals surface area contributed by atoms with Gasteiger partial charge < -0.3 is 4.57 Å². The molecule has 0 spiro atoms. The van der Waals surface area contributed by atoms with Gasteiger partial charge in [-0.3, -0.25) is 9.59 Å². The van der Waals surface area contributed by atoms with Gasteiger partial charge in [-0.2, -0.15) is 0 Å². The normalized spacial score (nSPS) is 9.91. The maximum atomic E-state index is 10.9. The van der Waals surface area contributed by atoms with E-state index in [0.717, 1.165) is 11.3 Å². The molecule has 1 heterocycles. The van der Waals surface area contributed by atoms with E-state index in [9.17, 15) is 9.59 Å². The average Bonchev–Trinajstić information content (AvgIpc) is 2.31. The molecule has 0 radical (unpaired) electrons. The van der Waals surface area contributed by atoms with Crippen LogP contribution in [-0.2, 0) is 11.3 Å². The number of aryl methyl sites for hydroxylation is 1. The van der Waals surface area contributed by atoms with Crippen molar-refractivity contribution in [3.8, 4) is 0 Å². The van der Waals surface area contributed by atoms with Crippen LogP contribution in [0.4, 0.5) is 0 Å². The van der Waals surface area contributed by atoms with Crippen LogP contribution in [0.1, 0.15) is 13.3 Å². The second-order valence-corrected chi connectivity index (χ2v) is 3.17. The molecule has 0 bridgehead atoms. The second kappa shape index (κ2) is 3.48. The Labute approximate surface area is 68.3 Å². The highest BCUT2D eigenvalue weighted by Crippen LogP contribution is 1.92. The SMILES string of the molecule is CC(=O)CCn1ccsc1=O. The molecule has 1 aromatic heterocycles. The molecule has 0 saturated carbocycles. The Morgan fingerprint density at radius 1 is 1.73 bits per heavy atom. The molecule has 0 amide bonds. The minimum atomic E-state index is 0.00579. The summed E-state index contributed by atoms with van der Waals surface area (Å²) in [6.45, 7) is 2.04. The Bertz CT molecular complexity index is 299. The van der Waals surface area contributed by atoms with Crippen molar-refractivity contribution in [1.29, 1.82) is 0 Å². The fourth-order valence-electron chi connectivity index (χ4n) is 0.734. The fourth-order valence-corrected chi connectivity index (χ4v) is 1.35. The average molecular weight is 171 g/mol. The summed E-state index contributed by atoms with van der Waals surface area (Å²) in [6.07, 6.45) is 2.15. The first-order valence-corrected chi connectivity index (χ1v) is 4.21. The highest BCUT2D eigenvalue weighted by atomic mass is 32.1. The number of carbonyl (C=O) groups excluding carboxylic acids is 1. The molecule has 11 heavy (non-hydrogen) atoms. The Hall–Kier alpha value is -0.900. The van der Waals surface area contributed by atoms with Crippen LogP contribution in [0.15, 0.2) is 16.4 Å². The third kappa shape index (κ3) is 2.31. The first kappa shape index (κ1) is 8.20. The third-order valence-electron chi connectivity index (χ3n) is 1.35. The van der Waals surface area contributed by atoms with Crippen molar-refractivity contribution < 1.29 is 4.79 Å². The van der Waals surface area contributed by atoms with E-state index < -0.39 is 0 Å². The maximum Gasteiger partial charge on any atom is 0.307 e. The van der Waals surface area contributed by atoms with Gasteiger partial charge in [-0.25, -0.2) is 0 Å². The van der Waals surface area contributed by atoms with Gasteiger partial charge in [0.15, 0.2) is 0 Å². The lowest BCUT2D eigenvalue weighted by Gasteiger charge is -1.95. The summed E-state index contributed by atoms with van der Waals surface area (Å²) in [5.41, 5.74) is 0. The highest BCUT2D eigenvalue weighted by molar-refractivity contribution is 7.07. The van der Waals surface area contributed by atoms with Gasteiger partial charge in [0.25, 0.3) is 0 Å². The van der Waals surface area contributed by atoms with Gasteiger partial charge in [0.1, 0.15) is 5.78 Å². The Morgan fingerprint density at radius 2 is 2.45 bits per heavy atom. The molecule has 0 atom stereocenters. The summed E-state index contributed by atoms with van der Waals surface area (Å²) in [5, 5.41) is 1.72. The van der Waals surface area contributed by atoms with Crippen molar-refractivity contribution in [2.45, 2.75) is 19.9 Å². The van der Waals surface area contributed by atoms with Crippen molar-refractivity contribution in [3.63, 3.8) is 0 Å². The highest BCUT2D eigenvalue weighted by Gasteiger charge is 1.97. The van der Waals surface area contributed by atoms with Crippen molar-refractivity contribution in [1.82, 2.24) is 4.57 Å². The van der Waals surface area contributed by atoms with Crippen LogP contribution in [0.2, 0.25) is 0 Å². The van der Waals surface area contributed by atoms with Gasteiger partial charge in [-0.15, -0.1) is 0 Å². The number of carbonyl (C=O) groups is 1. The molecule has 0 aliphatic rings. The first-order chi connectivity index (χ1) is 5.20. The lowest BCUT2D eigenvalue weighted by atomic mass is 10.3. The van der Waals surface area contributed by atoms with E-state index in [1.807, 2.05) is 0 Å². The molecule has 4 heteroatoms. The largest absolute Gasteiger partial charge is 0.307 e. The van der Waals surface area contributed by atoms with Gasteiger partial charge in [-0.1, -0.05) is 11.3 Å². The van der Waals surface area contributed by atoms with Gasteiger partial charge in [-0.05, 0) is 6.92 Å². The van der Waals surface area contributed by atoms with Crippen molar-refractivity contribution in [2.75, 3.05) is 0 Å². The van der Waals surface area contributed by atoms with E-state index in [1.165, 1.54) is 6.92 Å². The lowest BCUT2D eigenvalue weighted by Crippen LogP contribution is -2.13. The molecule has 0 fully saturated rings. The van der Waals surface area contributed by atoms with Gasteiger partial charge in [0.2, 0.25) is 0 Å². The van der Waals surface area contributed by atoms with E-state index in [1.54, 1.807) is 16.1 Å². The fraction of sp³-hybridized carbons (Fsp3) is 0.429. The minimum absolute atomic E-state index is 0.00579. The van der Waals surface area contributed by atoms with Crippen LogP contribution in [0.5, 0.6) is 0 Å². The predicted molar refractivity (Wildman–Crippen MR) is 43.9 cm³/mol. The Kier molecular flexibility index (Phi) is 2.59. The quantitative estimate of drug-likeness (QED) is 0.677. The summed E-state index contributed by atoms with van der Waals surface area (Å²) < 4.78 is 1.55. The van der Waals surface area contributed by atoms with Crippen LogP contribution in [0.3, 0.4) is 0 Å². The molecule has 0 aliphatic heterocycles. The van der Waals surface area contributed by atoms with Crippen LogP contribution >= 0.6 is 11.3 Å². The molecule has 1 rings (SSSR count). The van der Waals surface area contributed by atoms with E-state index in [2.05, 4.69) is 0 Å². The summed E-state index contributed by atoms with van der Waals surface area (Å²) >= 11 is 1.15. The van der Waals surface area contributed by atoms with Crippen LogP contribution in [0.25, 0.3) is 0 Å². The summed E-state index contributed by atoms with van der Waals surface area (Å²) in [6, 6.07) is 0. The molecule has 60 valence electrons. The Balaban J connectivity index is 2.58. The summed E-state index contributed by atoms with van der Waals surface area (Å²) in [4.78, 5) is 21.4.